The molecule has 1 aromatic carbocycles. The zero-order valence-electron chi connectivity index (χ0n) is 14.6. The molecule has 1 fully saturated rings. The van der Waals surface area contributed by atoms with Crippen molar-refractivity contribution in [1.29, 1.82) is 0 Å². The van der Waals surface area contributed by atoms with Crippen molar-refractivity contribution in [3.63, 3.8) is 0 Å². The number of carbonyl (C=O) groups excluding carboxylic acids is 2. The van der Waals surface area contributed by atoms with E-state index in [1.165, 1.54) is 0 Å². The van der Waals surface area contributed by atoms with E-state index in [1.54, 1.807) is 0 Å². The van der Waals surface area contributed by atoms with Gasteiger partial charge in [-0.15, -0.1) is 0 Å². The SMILES string of the molecule is CN1C(=O)CC(CC(=O)NCc2ccccc2)CC1C(C)(C)C. The summed E-state index contributed by atoms with van der Waals surface area (Å²) in [5.74, 6) is 0.319. The second kappa shape index (κ2) is 7.16. The highest BCUT2D eigenvalue weighted by atomic mass is 16.2. The molecular weight excluding hydrogens is 288 g/mol. The molecule has 23 heavy (non-hydrogen) atoms. The number of nitrogens with zero attached hydrogens (tertiary/aromatic N) is 1. The summed E-state index contributed by atoms with van der Waals surface area (Å²) in [6.45, 7) is 7.00. The standard InChI is InChI=1S/C19H28N2O2/c1-19(2,3)16-10-15(12-18(23)21(16)4)11-17(22)20-13-14-8-6-5-7-9-14/h5-9,15-16H,10-13H2,1-4H3,(H,20,22). The maximum absolute atomic E-state index is 12.2. The molecule has 1 aliphatic heterocycles. The van der Waals surface area contributed by atoms with Crippen LogP contribution in [0.15, 0.2) is 30.3 Å². The van der Waals surface area contributed by atoms with Gasteiger partial charge in [-0.25, -0.2) is 0 Å². The van der Waals surface area contributed by atoms with Crippen LogP contribution in [0.5, 0.6) is 0 Å². The number of likely N-dealkylation sites (tertiary alicyclic amines) is 1. The molecular formula is C19H28N2O2. The molecule has 0 saturated carbocycles. The minimum absolute atomic E-state index is 0.0313. The molecule has 0 aromatic heterocycles. The van der Waals surface area contributed by atoms with Crippen LogP contribution >= 0.6 is 0 Å². The van der Waals surface area contributed by atoms with Crippen LogP contribution in [0.3, 0.4) is 0 Å². The Morgan fingerprint density at radius 1 is 1.26 bits per heavy atom. The fourth-order valence-corrected chi connectivity index (χ4v) is 3.34. The molecule has 4 heteroatoms. The average molecular weight is 316 g/mol. The van der Waals surface area contributed by atoms with Crippen LogP contribution in [0.2, 0.25) is 0 Å². The lowest BCUT2D eigenvalue weighted by molar-refractivity contribution is -0.140. The van der Waals surface area contributed by atoms with Crippen LogP contribution in [0.25, 0.3) is 0 Å². The quantitative estimate of drug-likeness (QED) is 0.928. The molecule has 0 bridgehead atoms. The summed E-state index contributed by atoms with van der Waals surface area (Å²) >= 11 is 0. The molecule has 126 valence electrons. The first-order valence-electron chi connectivity index (χ1n) is 8.33. The summed E-state index contributed by atoms with van der Waals surface area (Å²) in [4.78, 5) is 26.3. The molecule has 2 rings (SSSR count). The fraction of sp³-hybridized carbons (Fsp3) is 0.579. The van der Waals surface area contributed by atoms with Gasteiger partial charge in [0.05, 0.1) is 0 Å². The first-order valence-corrected chi connectivity index (χ1v) is 8.33. The number of amides is 2. The van der Waals surface area contributed by atoms with Gasteiger partial charge in [0.15, 0.2) is 0 Å². The summed E-state index contributed by atoms with van der Waals surface area (Å²) in [5.41, 5.74) is 1.12. The van der Waals surface area contributed by atoms with Gasteiger partial charge in [0.25, 0.3) is 0 Å². The molecule has 0 aliphatic carbocycles. The largest absolute Gasteiger partial charge is 0.352 e. The first-order chi connectivity index (χ1) is 10.8. The number of piperidine rings is 1. The second-order valence-electron chi connectivity index (χ2n) is 7.66. The zero-order chi connectivity index (χ0) is 17.0. The van der Waals surface area contributed by atoms with Gasteiger partial charge >= 0.3 is 0 Å². The van der Waals surface area contributed by atoms with E-state index in [0.717, 1.165) is 12.0 Å². The van der Waals surface area contributed by atoms with E-state index >= 15 is 0 Å². The van der Waals surface area contributed by atoms with Gasteiger partial charge in [-0.3, -0.25) is 9.59 Å². The van der Waals surface area contributed by atoms with E-state index < -0.39 is 0 Å². The number of hydrogen-bond acceptors (Lipinski definition) is 2. The van der Waals surface area contributed by atoms with Gasteiger partial charge in [-0.1, -0.05) is 51.1 Å². The molecule has 2 amide bonds. The molecule has 0 spiro atoms. The third-order valence-electron chi connectivity index (χ3n) is 4.69. The highest BCUT2D eigenvalue weighted by molar-refractivity contribution is 5.80. The van der Waals surface area contributed by atoms with Crippen LogP contribution in [0, 0.1) is 11.3 Å². The normalized spacial score (nSPS) is 22.1. The monoisotopic (exact) mass is 316 g/mol. The number of hydrogen-bond donors (Lipinski definition) is 1. The van der Waals surface area contributed by atoms with Crippen molar-refractivity contribution in [3.05, 3.63) is 35.9 Å². The molecule has 1 aromatic rings. The van der Waals surface area contributed by atoms with Crippen LogP contribution in [-0.4, -0.2) is 29.8 Å². The topological polar surface area (TPSA) is 49.4 Å². The molecule has 2 unspecified atom stereocenters. The fourth-order valence-electron chi connectivity index (χ4n) is 3.34. The predicted octanol–water partition coefficient (Wildman–Crippen LogP) is 2.98. The minimum atomic E-state index is 0.0313. The lowest BCUT2D eigenvalue weighted by Gasteiger charge is -2.44. The molecule has 1 heterocycles. The Morgan fingerprint density at radius 3 is 2.52 bits per heavy atom. The second-order valence-corrected chi connectivity index (χ2v) is 7.66. The van der Waals surface area contributed by atoms with Crippen molar-refractivity contribution >= 4 is 11.8 Å². The van der Waals surface area contributed by atoms with Gasteiger partial charge < -0.3 is 10.2 Å². The maximum atomic E-state index is 12.2. The number of carbonyl (C=O) groups is 2. The lowest BCUT2D eigenvalue weighted by Crippen LogP contribution is -2.50. The third-order valence-corrected chi connectivity index (χ3v) is 4.69. The lowest BCUT2D eigenvalue weighted by atomic mass is 9.76. The molecule has 2 atom stereocenters. The van der Waals surface area contributed by atoms with Gasteiger partial charge in [0.2, 0.25) is 11.8 Å². The Balaban J connectivity index is 1.89. The van der Waals surface area contributed by atoms with Crippen molar-refractivity contribution < 1.29 is 9.59 Å². The maximum Gasteiger partial charge on any atom is 0.222 e. The van der Waals surface area contributed by atoms with Crippen LogP contribution in [-0.2, 0) is 16.1 Å². The van der Waals surface area contributed by atoms with E-state index in [1.807, 2.05) is 42.3 Å². The van der Waals surface area contributed by atoms with Crippen LogP contribution < -0.4 is 5.32 Å². The zero-order valence-corrected chi connectivity index (χ0v) is 14.6. The smallest absolute Gasteiger partial charge is 0.222 e. The van der Waals surface area contributed by atoms with Crippen molar-refractivity contribution in [2.45, 2.75) is 52.6 Å². The number of rotatable bonds is 4. The van der Waals surface area contributed by atoms with Crippen molar-refractivity contribution in [2.75, 3.05) is 7.05 Å². The van der Waals surface area contributed by atoms with Crippen LogP contribution in [0.4, 0.5) is 0 Å². The highest BCUT2D eigenvalue weighted by Gasteiger charge is 2.38. The van der Waals surface area contributed by atoms with Gasteiger partial charge in [0, 0.05) is 32.5 Å². The summed E-state index contributed by atoms with van der Waals surface area (Å²) in [7, 11) is 1.88. The van der Waals surface area contributed by atoms with Crippen molar-refractivity contribution in [2.24, 2.45) is 11.3 Å². The summed E-state index contributed by atoms with van der Waals surface area (Å²) in [5, 5.41) is 2.96. The first kappa shape index (κ1) is 17.5. The molecule has 1 aliphatic rings. The molecule has 4 nitrogen and oxygen atoms in total. The Kier molecular flexibility index (Phi) is 5.45. The third kappa shape index (κ3) is 4.81. The Hall–Kier alpha value is -1.84. The van der Waals surface area contributed by atoms with Crippen molar-refractivity contribution in [3.8, 4) is 0 Å². The Morgan fingerprint density at radius 2 is 1.91 bits per heavy atom. The van der Waals surface area contributed by atoms with E-state index in [4.69, 9.17) is 0 Å². The van der Waals surface area contributed by atoms with Gasteiger partial charge in [0.1, 0.15) is 0 Å². The summed E-state index contributed by atoms with van der Waals surface area (Å²) in [6.07, 6.45) is 1.80. The molecule has 1 saturated heterocycles. The molecule has 1 N–H and O–H groups in total. The number of nitrogens with one attached hydrogen (secondary N) is 1. The summed E-state index contributed by atoms with van der Waals surface area (Å²) in [6, 6.07) is 10.1. The van der Waals surface area contributed by atoms with Gasteiger partial charge in [-0.05, 0) is 23.3 Å². The molecule has 0 radical (unpaired) electrons. The van der Waals surface area contributed by atoms with E-state index in [2.05, 4.69) is 26.1 Å². The summed E-state index contributed by atoms with van der Waals surface area (Å²) < 4.78 is 0. The Bertz CT molecular complexity index is 548. The number of benzene rings is 1. The van der Waals surface area contributed by atoms with Crippen LogP contribution in [0.1, 0.15) is 45.6 Å². The van der Waals surface area contributed by atoms with Gasteiger partial charge in [-0.2, -0.15) is 0 Å². The van der Waals surface area contributed by atoms with E-state index in [9.17, 15) is 9.59 Å². The minimum Gasteiger partial charge on any atom is -0.352 e. The van der Waals surface area contributed by atoms with Crippen molar-refractivity contribution in [1.82, 2.24) is 10.2 Å². The predicted molar refractivity (Wildman–Crippen MR) is 91.6 cm³/mol. The highest BCUT2D eigenvalue weighted by Crippen LogP contribution is 2.35. The average Bonchev–Trinajstić information content (AvgIpc) is 2.48. The Labute approximate surface area is 139 Å². The van der Waals surface area contributed by atoms with E-state index in [-0.39, 0.29) is 29.2 Å². The van der Waals surface area contributed by atoms with E-state index in [0.29, 0.717) is 19.4 Å².